The summed E-state index contributed by atoms with van der Waals surface area (Å²) in [4.78, 5) is 51.6. The fraction of sp³-hybridized carbons (Fsp3) is 0.846. The minimum Gasteiger partial charge on any atom is -0.361 e. The lowest BCUT2D eigenvalue weighted by molar-refractivity contribution is -0.135. The number of ether oxygens (including phenoxy) is 1. The summed E-state index contributed by atoms with van der Waals surface area (Å²) in [5.41, 5.74) is -0.834. The molecule has 0 aliphatic carbocycles. The van der Waals surface area contributed by atoms with Crippen LogP contribution < -0.4 is 16.0 Å². The highest BCUT2D eigenvalue weighted by Gasteiger charge is 2.50. The van der Waals surface area contributed by atoms with Gasteiger partial charge in [0.1, 0.15) is 17.7 Å². The molecule has 0 bridgehead atoms. The number of unbranched alkanes of at least 4 members (excludes halogenated alkanes) is 3. The maximum absolute atomic E-state index is 13.2. The maximum atomic E-state index is 13.2. The number of carbonyl (C=O) groups excluding carboxylic acids is 4. The van der Waals surface area contributed by atoms with Crippen LogP contribution in [0.25, 0.3) is 0 Å². The second-order valence-corrected chi connectivity index (χ2v) is 10.5. The zero-order valence-corrected chi connectivity index (χ0v) is 22.3. The summed E-state index contributed by atoms with van der Waals surface area (Å²) in [5, 5.41) is 8.57. The predicted octanol–water partition coefficient (Wildman–Crippen LogP) is 3.27. The zero-order valence-electron chi connectivity index (χ0n) is 22.3. The van der Waals surface area contributed by atoms with E-state index in [-0.39, 0.29) is 35.3 Å². The number of Topliss-reactive ketones (excluding diaryl/α,β-unsaturated/α-hetero) is 1. The normalized spacial score (nSPS) is 19.9. The summed E-state index contributed by atoms with van der Waals surface area (Å²) in [6.07, 6.45) is 5.71. The second-order valence-electron chi connectivity index (χ2n) is 10.5. The van der Waals surface area contributed by atoms with Crippen LogP contribution in [0.3, 0.4) is 0 Å². The predicted molar refractivity (Wildman–Crippen MR) is 133 cm³/mol. The van der Waals surface area contributed by atoms with Crippen molar-refractivity contribution in [3.8, 4) is 0 Å². The molecular formula is C26H47N3O5. The van der Waals surface area contributed by atoms with Crippen molar-refractivity contribution >= 4 is 23.5 Å². The average Bonchev–Trinajstić information content (AvgIpc) is 3.51. The van der Waals surface area contributed by atoms with Crippen LogP contribution in [-0.4, -0.2) is 53.8 Å². The first kappa shape index (κ1) is 30.1. The highest BCUT2D eigenvalue weighted by molar-refractivity contribution is 5.98. The molecule has 1 aliphatic rings. The summed E-state index contributed by atoms with van der Waals surface area (Å²) in [6, 6.07) is -2.17. The first-order valence-corrected chi connectivity index (χ1v) is 13.0. The van der Waals surface area contributed by atoms with Gasteiger partial charge in [-0.2, -0.15) is 0 Å². The average molecular weight is 482 g/mol. The maximum Gasteiger partial charge on any atom is 0.243 e. The van der Waals surface area contributed by atoms with Gasteiger partial charge in [-0.05, 0) is 38.0 Å². The molecular weight excluding hydrogens is 434 g/mol. The molecule has 34 heavy (non-hydrogen) atoms. The minimum absolute atomic E-state index is 0.130. The smallest absolute Gasteiger partial charge is 0.243 e. The Kier molecular flexibility index (Phi) is 12.8. The van der Waals surface area contributed by atoms with Gasteiger partial charge >= 0.3 is 0 Å². The Morgan fingerprint density at radius 3 is 1.94 bits per heavy atom. The molecule has 0 saturated carbocycles. The fourth-order valence-corrected chi connectivity index (χ4v) is 3.85. The summed E-state index contributed by atoms with van der Waals surface area (Å²) in [5.74, 6) is -0.964. The van der Waals surface area contributed by atoms with Crippen molar-refractivity contribution < 1.29 is 23.9 Å². The zero-order chi connectivity index (χ0) is 25.9. The van der Waals surface area contributed by atoms with Crippen molar-refractivity contribution in [3.05, 3.63) is 0 Å². The Hall–Kier alpha value is -1.96. The second kappa shape index (κ2) is 14.4. The van der Waals surface area contributed by atoms with Crippen LogP contribution in [0.4, 0.5) is 0 Å². The molecule has 4 atom stereocenters. The van der Waals surface area contributed by atoms with Crippen LogP contribution >= 0.6 is 0 Å². The van der Waals surface area contributed by atoms with Gasteiger partial charge in [0, 0.05) is 6.42 Å². The standard InChI is InChI=1S/C26H47N3O5/c1-8-10-12-14-21(30)29-22(18(5)6)25(33)27-19(13-11-9-2)24(32)28-20(15-17(3)4)23(31)26(7)16-34-26/h17-20,22H,8-16H2,1-7H3,(H,27,33)(H,28,32)(H,29,30)/t19-,20-,22-,26+/m0/s1. The Morgan fingerprint density at radius 2 is 1.44 bits per heavy atom. The number of rotatable bonds is 17. The highest BCUT2D eigenvalue weighted by atomic mass is 16.6. The Balaban J connectivity index is 2.89. The molecule has 8 nitrogen and oxygen atoms in total. The van der Waals surface area contributed by atoms with E-state index in [1.54, 1.807) is 6.92 Å². The van der Waals surface area contributed by atoms with Gasteiger partial charge in [-0.3, -0.25) is 19.2 Å². The van der Waals surface area contributed by atoms with E-state index in [1.807, 2.05) is 34.6 Å². The van der Waals surface area contributed by atoms with Gasteiger partial charge in [0.05, 0.1) is 12.6 Å². The minimum atomic E-state index is -0.834. The lowest BCUT2D eigenvalue weighted by Gasteiger charge is -2.27. The Bertz CT molecular complexity index is 688. The van der Waals surface area contributed by atoms with E-state index in [0.717, 1.165) is 32.1 Å². The molecule has 0 aromatic heterocycles. The molecule has 0 unspecified atom stereocenters. The number of amides is 3. The molecule has 1 rings (SSSR count). The van der Waals surface area contributed by atoms with Crippen LogP contribution in [0.2, 0.25) is 0 Å². The largest absolute Gasteiger partial charge is 0.361 e. The summed E-state index contributed by atoms with van der Waals surface area (Å²) in [7, 11) is 0. The van der Waals surface area contributed by atoms with Crippen LogP contribution in [0.5, 0.6) is 0 Å². The Morgan fingerprint density at radius 1 is 0.853 bits per heavy atom. The van der Waals surface area contributed by atoms with Crippen LogP contribution in [-0.2, 0) is 23.9 Å². The van der Waals surface area contributed by atoms with Crippen molar-refractivity contribution in [3.63, 3.8) is 0 Å². The number of nitrogens with one attached hydrogen (secondary N) is 3. The van der Waals surface area contributed by atoms with E-state index in [1.165, 1.54) is 0 Å². The van der Waals surface area contributed by atoms with Crippen LogP contribution in [0, 0.1) is 11.8 Å². The number of hydrogen-bond acceptors (Lipinski definition) is 5. The number of ketones is 1. The monoisotopic (exact) mass is 481 g/mol. The van der Waals surface area contributed by atoms with Crippen molar-refractivity contribution in [2.75, 3.05) is 6.61 Å². The molecule has 1 fully saturated rings. The summed E-state index contributed by atoms with van der Waals surface area (Å²) < 4.78 is 5.31. The van der Waals surface area contributed by atoms with E-state index >= 15 is 0 Å². The Labute approximate surface area is 205 Å². The molecule has 0 aromatic rings. The lowest BCUT2D eigenvalue weighted by atomic mass is 9.93. The van der Waals surface area contributed by atoms with E-state index in [9.17, 15) is 19.2 Å². The fourth-order valence-electron chi connectivity index (χ4n) is 3.85. The van der Waals surface area contributed by atoms with E-state index in [2.05, 4.69) is 22.9 Å². The first-order chi connectivity index (χ1) is 15.9. The molecule has 0 radical (unpaired) electrons. The molecule has 8 heteroatoms. The van der Waals surface area contributed by atoms with Gasteiger partial charge in [0.25, 0.3) is 0 Å². The van der Waals surface area contributed by atoms with Gasteiger partial charge in [-0.15, -0.1) is 0 Å². The third-order valence-electron chi connectivity index (χ3n) is 6.19. The van der Waals surface area contributed by atoms with Crippen molar-refractivity contribution in [2.45, 2.75) is 124 Å². The van der Waals surface area contributed by atoms with E-state index in [0.29, 0.717) is 25.9 Å². The van der Waals surface area contributed by atoms with Gasteiger partial charge < -0.3 is 20.7 Å². The first-order valence-electron chi connectivity index (χ1n) is 13.0. The van der Waals surface area contributed by atoms with Crippen molar-refractivity contribution in [1.82, 2.24) is 16.0 Å². The van der Waals surface area contributed by atoms with Gasteiger partial charge in [-0.1, -0.05) is 67.2 Å². The number of carbonyl (C=O) groups is 4. The van der Waals surface area contributed by atoms with Gasteiger partial charge in [-0.25, -0.2) is 0 Å². The van der Waals surface area contributed by atoms with Crippen molar-refractivity contribution in [1.29, 1.82) is 0 Å². The SMILES string of the molecule is CCCCCC(=O)N[C@H](C(=O)N[C@@H](CCCC)C(=O)N[C@@H](CC(C)C)C(=O)[C@@]1(C)CO1)C(C)C. The molecule has 1 saturated heterocycles. The topological polar surface area (TPSA) is 117 Å². The molecule has 3 amide bonds. The van der Waals surface area contributed by atoms with Crippen molar-refractivity contribution in [2.24, 2.45) is 11.8 Å². The molecule has 3 N–H and O–H groups in total. The number of epoxide rings is 1. The summed E-state index contributed by atoms with van der Waals surface area (Å²) >= 11 is 0. The molecule has 1 heterocycles. The molecule has 0 spiro atoms. The van der Waals surface area contributed by atoms with Crippen LogP contribution in [0.15, 0.2) is 0 Å². The molecule has 1 aliphatic heterocycles. The lowest BCUT2D eigenvalue weighted by Crippen LogP contribution is -2.57. The highest BCUT2D eigenvalue weighted by Crippen LogP contribution is 2.29. The van der Waals surface area contributed by atoms with Crippen LogP contribution in [0.1, 0.15) is 99.8 Å². The van der Waals surface area contributed by atoms with E-state index < -0.39 is 23.7 Å². The third-order valence-corrected chi connectivity index (χ3v) is 6.19. The summed E-state index contributed by atoms with van der Waals surface area (Å²) in [6.45, 7) is 13.9. The molecule has 196 valence electrons. The van der Waals surface area contributed by atoms with Gasteiger partial charge in [0.2, 0.25) is 17.7 Å². The quantitative estimate of drug-likeness (QED) is 0.218. The third kappa shape index (κ3) is 10.1. The number of hydrogen-bond donors (Lipinski definition) is 3. The van der Waals surface area contributed by atoms with E-state index in [4.69, 9.17) is 4.74 Å². The van der Waals surface area contributed by atoms with Gasteiger partial charge in [0.15, 0.2) is 5.78 Å². The molecule has 0 aromatic carbocycles.